The zero-order chi connectivity index (χ0) is 8.10. The van der Waals surface area contributed by atoms with Crippen molar-refractivity contribution in [2.45, 2.75) is 33.1 Å². The van der Waals surface area contributed by atoms with E-state index in [1.807, 2.05) is 6.21 Å². The fraction of sp³-hybridized carbons (Fsp3) is 0.500. The van der Waals surface area contributed by atoms with E-state index in [1.165, 1.54) is 18.4 Å². The molecule has 60 valence electrons. The van der Waals surface area contributed by atoms with Crippen LogP contribution in [-0.4, -0.2) is 6.21 Å². The highest BCUT2D eigenvalue weighted by Crippen LogP contribution is 2.07. The summed E-state index contributed by atoms with van der Waals surface area (Å²) in [6.07, 6.45) is 9.97. The lowest BCUT2D eigenvalue weighted by Crippen LogP contribution is -1.76. The van der Waals surface area contributed by atoms with Gasteiger partial charge >= 0.3 is 0 Å². The molecule has 0 fully saturated rings. The van der Waals surface area contributed by atoms with Gasteiger partial charge in [0.2, 0.25) is 0 Å². The van der Waals surface area contributed by atoms with E-state index in [1.54, 1.807) is 0 Å². The lowest BCUT2D eigenvalue weighted by Gasteiger charge is -1.89. The first kappa shape index (κ1) is 8.25. The van der Waals surface area contributed by atoms with Gasteiger partial charge in [-0.05, 0) is 38.7 Å². The number of hydrogen-bond donors (Lipinski definition) is 0. The molecule has 1 heteroatoms. The Morgan fingerprint density at radius 2 is 1.91 bits per heavy atom. The third-order valence-corrected chi connectivity index (χ3v) is 1.79. The number of rotatable bonds is 0. The van der Waals surface area contributed by atoms with Gasteiger partial charge in [-0.15, -0.1) is 0 Å². The Labute approximate surface area is 68.5 Å². The highest BCUT2D eigenvalue weighted by Gasteiger charge is 1.90. The topological polar surface area (TPSA) is 12.4 Å². The molecule has 1 aliphatic rings. The molecule has 0 aromatic carbocycles. The Morgan fingerprint density at radius 3 is 2.73 bits per heavy atom. The maximum absolute atomic E-state index is 4.29. The molecule has 0 bridgehead atoms. The highest BCUT2D eigenvalue weighted by molar-refractivity contribution is 5.78. The molecule has 0 unspecified atom stereocenters. The zero-order valence-electron chi connectivity index (χ0n) is 7.30. The lowest BCUT2D eigenvalue weighted by molar-refractivity contribution is 0.861. The van der Waals surface area contributed by atoms with Crippen molar-refractivity contribution in [1.82, 2.24) is 0 Å². The fourth-order valence-electron chi connectivity index (χ4n) is 1.07. The van der Waals surface area contributed by atoms with E-state index < -0.39 is 0 Å². The highest BCUT2D eigenvalue weighted by atomic mass is 14.7. The molecule has 0 aromatic heterocycles. The van der Waals surface area contributed by atoms with Gasteiger partial charge < -0.3 is 0 Å². The molecule has 11 heavy (non-hydrogen) atoms. The van der Waals surface area contributed by atoms with Crippen LogP contribution in [0.4, 0.5) is 0 Å². The van der Waals surface area contributed by atoms with Crippen molar-refractivity contribution in [3.8, 4) is 0 Å². The van der Waals surface area contributed by atoms with Crippen LogP contribution >= 0.6 is 0 Å². The second kappa shape index (κ2) is 4.12. The minimum Gasteiger partial charge on any atom is -0.262 e. The Bertz CT molecular complexity index is 187. The smallest absolute Gasteiger partial charge is 0.0332 e. The Morgan fingerprint density at radius 1 is 1.18 bits per heavy atom. The van der Waals surface area contributed by atoms with Crippen molar-refractivity contribution in [1.29, 1.82) is 0 Å². The van der Waals surface area contributed by atoms with E-state index in [-0.39, 0.29) is 0 Å². The molecule has 0 saturated heterocycles. The van der Waals surface area contributed by atoms with Gasteiger partial charge in [0.05, 0.1) is 0 Å². The van der Waals surface area contributed by atoms with Crippen LogP contribution in [0, 0.1) is 0 Å². The molecule has 0 atom stereocenters. The fourth-order valence-corrected chi connectivity index (χ4v) is 1.07. The van der Waals surface area contributed by atoms with Crippen LogP contribution < -0.4 is 0 Å². The largest absolute Gasteiger partial charge is 0.262 e. The SMILES string of the molecule is CC1=C/CCC/C=C(C)/N=C\1. The summed E-state index contributed by atoms with van der Waals surface area (Å²) < 4.78 is 0. The van der Waals surface area contributed by atoms with E-state index >= 15 is 0 Å². The molecule has 1 aliphatic heterocycles. The Kier molecular flexibility index (Phi) is 3.09. The molecule has 0 N–H and O–H groups in total. The van der Waals surface area contributed by atoms with Gasteiger partial charge in [0, 0.05) is 11.9 Å². The standard InChI is InChI=1S/C10H15N/c1-9-6-4-3-5-7-10(2)11-8-9/h6-8H,3-5H2,1-2H3/b9-6-,10-7+,11-8-. The number of hydrogen-bond acceptors (Lipinski definition) is 1. The van der Waals surface area contributed by atoms with E-state index in [2.05, 4.69) is 31.0 Å². The second-order valence-electron chi connectivity index (χ2n) is 2.98. The van der Waals surface area contributed by atoms with Gasteiger partial charge in [-0.3, -0.25) is 4.99 Å². The van der Waals surface area contributed by atoms with Crippen LogP contribution in [0.3, 0.4) is 0 Å². The molecule has 1 nitrogen and oxygen atoms in total. The van der Waals surface area contributed by atoms with Crippen LogP contribution in [0.2, 0.25) is 0 Å². The van der Waals surface area contributed by atoms with Gasteiger partial charge in [-0.25, -0.2) is 0 Å². The summed E-state index contributed by atoms with van der Waals surface area (Å²) in [6, 6.07) is 0. The van der Waals surface area contributed by atoms with Crippen LogP contribution in [0.1, 0.15) is 33.1 Å². The van der Waals surface area contributed by atoms with E-state index in [0.717, 1.165) is 12.1 Å². The summed E-state index contributed by atoms with van der Waals surface area (Å²) in [5.74, 6) is 0. The van der Waals surface area contributed by atoms with Gasteiger partial charge in [0.1, 0.15) is 0 Å². The number of aliphatic imine (C=N–C) groups is 1. The van der Waals surface area contributed by atoms with E-state index in [0.29, 0.717) is 0 Å². The Hall–Kier alpha value is -0.850. The van der Waals surface area contributed by atoms with E-state index in [9.17, 15) is 0 Å². The monoisotopic (exact) mass is 149 g/mol. The maximum Gasteiger partial charge on any atom is 0.0332 e. The predicted molar refractivity (Wildman–Crippen MR) is 49.9 cm³/mol. The predicted octanol–water partition coefficient (Wildman–Crippen LogP) is 3.09. The summed E-state index contributed by atoms with van der Waals surface area (Å²) in [7, 11) is 0. The number of nitrogens with zero attached hydrogens (tertiary/aromatic N) is 1. The van der Waals surface area contributed by atoms with Crippen molar-refractivity contribution >= 4 is 6.21 Å². The lowest BCUT2D eigenvalue weighted by atomic mass is 10.2. The summed E-state index contributed by atoms with van der Waals surface area (Å²) in [5.41, 5.74) is 2.42. The summed E-state index contributed by atoms with van der Waals surface area (Å²) >= 11 is 0. The first-order valence-electron chi connectivity index (χ1n) is 4.16. The molecule has 1 heterocycles. The molecule has 0 saturated carbocycles. The normalized spacial score (nSPS) is 31.8. The molecule has 0 aliphatic carbocycles. The van der Waals surface area contributed by atoms with Crippen molar-refractivity contribution in [2.24, 2.45) is 4.99 Å². The minimum absolute atomic E-state index is 1.14. The van der Waals surface area contributed by atoms with Crippen molar-refractivity contribution in [3.05, 3.63) is 23.4 Å². The second-order valence-corrected chi connectivity index (χ2v) is 2.98. The average Bonchev–Trinajstić information content (AvgIpc) is 2.06. The van der Waals surface area contributed by atoms with Crippen molar-refractivity contribution < 1.29 is 0 Å². The minimum atomic E-state index is 1.14. The first-order chi connectivity index (χ1) is 5.29. The Balaban J connectivity index is 2.70. The molecular formula is C10H15N. The quantitative estimate of drug-likeness (QED) is 0.502. The molecule has 1 rings (SSSR count). The van der Waals surface area contributed by atoms with Gasteiger partial charge in [-0.2, -0.15) is 0 Å². The van der Waals surface area contributed by atoms with Crippen LogP contribution in [0.5, 0.6) is 0 Å². The number of allylic oxidation sites excluding steroid dienone is 4. The van der Waals surface area contributed by atoms with Crippen molar-refractivity contribution in [3.63, 3.8) is 0 Å². The van der Waals surface area contributed by atoms with Gasteiger partial charge in [0.25, 0.3) is 0 Å². The molecule has 0 spiro atoms. The molecule has 0 amide bonds. The summed E-state index contributed by atoms with van der Waals surface area (Å²) in [4.78, 5) is 4.29. The molecular weight excluding hydrogens is 134 g/mol. The third kappa shape index (κ3) is 3.17. The van der Waals surface area contributed by atoms with Crippen LogP contribution in [0.15, 0.2) is 28.4 Å². The van der Waals surface area contributed by atoms with Crippen LogP contribution in [0.25, 0.3) is 0 Å². The zero-order valence-corrected chi connectivity index (χ0v) is 7.30. The molecule has 0 radical (unpaired) electrons. The van der Waals surface area contributed by atoms with Crippen molar-refractivity contribution in [2.75, 3.05) is 0 Å². The van der Waals surface area contributed by atoms with Crippen LogP contribution in [-0.2, 0) is 0 Å². The third-order valence-electron chi connectivity index (χ3n) is 1.79. The maximum atomic E-state index is 4.29. The summed E-state index contributed by atoms with van der Waals surface area (Å²) in [5, 5.41) is 0. The van der Waals surface area contributed by atoms with Gasteiger partial charge in [-0.1, -0.05) is 12.2 Å². The van der Waals surface area contributed by atoms with E-state index in [4.69, 9.17) is 0 Å². The van der Waals surface area contributed by atoms with Gasteiger partial charge in [0.15, 0.2) is 0 Å². The summed E-state index contributed by atoms with van der Waals surface area (Å²) in [6.45, 7) is 4.15. The average molecular weight is 149 g/mol. The molecule has 0 aromatic rings. The first-order valence-corrected chi connectivity index (χ1v) is 4.16.